The lowest BCUT2D eigenvalue weighted by Crippen LogP contribution is -2.23. The lowest BCUT2D eigenvalue weighted by molar-refractivity contribution is 0.0600. The van der Waals surface area contributed by atoms with E-state index in [1.54, 1.807) is 30.3 Å². The third-order valence-corrected chi connectivity index (χ3v) is 3.95. The molecule has 25 heavy (non-hydrogen) atoms. The van der Waals surface area contributed by atoms with E-state index in [4.69, 9.17) is 11.6 Å². The predicted octanol–water partition coefficient (Wildman–Crippen LogP) is 3.60. The van der Waals surface area contributed by atoms with E-state index in [1.165, 1.54) is 7.11 Å². The number of hydrogen-bond donors (Lipinski definition) is 1. The Bertz CT molecular complexity index is 939. The first-order valence-corrected chi connectivity index (χ1v) is 7.97. The topological polar surface area (TPSA) is 68.3 Å². The molecule has 126 valence electrons. The Kier molecular flexibility index (Phi) is 4.95. The highest BCUT2D eigenvalue weighted by atomic mass is 35.5. The van der Waals surface area contributed by atoms with Crippen LogP contribution in [0.25, 0.3) is 10.9 Å². The Morgan fingerprint density at radius 2 is 1.84 bits per heavy atom. The van der Waals surface area contributed by atoms with Gasteiger partial charge in [-0.25, -0.2) is 9.78 Å². The molecule has 0 fully saturated rings. The van der Waals surface area contributed by atoms with Crippen LogP contribution in [-0.4, -0.2) is 24.0 Å². The molecular formula is C19H15ClN2O3. The lowest BCUT2D eigenvalue weighted by atomic mass is 10.1. The molecule has 1 amide bonds. The van der Waals surface area contributed by atoms with Crippen molar-refractivity contribution >= 4 is 34.4 Å². The summed E-state index contributed by atoms with van der Waals surface area (Å²) in [7, 11) is 1.33. The highest BCUT2D eigenvalue weighted by Crippen LogP contribution is 2.20. The molecule has 0 aliphatic heterocycles. The van der Waals surface area contributed by atoms with Gasteiger partial charge in [-0.15, -0.1) is 0 Å². The van der Waals surface area contributed by atoms with Gasteiger partial charge in [-0.1, -0.05) is 41.9 Å². The number of carbonyl (C=O) groups excluding carboxylic acids is 2. The zero-order valence-electron chi connectivity index (χ0n) is 13.5. The number of fused-ring (bicyclic) bond motifs is 1. The predicted molar refractivity (Wildman–Crippen MR) is 95.7 cm³/mol. The van der Waals surface area contributed by atoms with E-state index in [0.29, 0.717) is 23.2 Å². The van der Waals surface area contributed by atoms with Crippen LogP contribution in [0.4, 0.5) is 0 Å². The number of ether oxygens (including phenoxy) is 1. The van der Waals surface area contributed by atoms with E-state index in [9.17, 15) is 9.59 Å². The number of esters is 1. The van der Waals surface area contributed by atoms with Crippen molar-refractivity contribution in [1.82, 2.24) is 10.3 Å². The van der Waals surface area contributed by atoms with Gasteiger partial charge in [0.25, 0.3) is 5.91 Å². The first-order chi connectivity index (χ1) is 12.1. The van der Waals surface area contributed by atoms with E-state index < -0.39 is 5.97 Å². The van der Waals surface area contributed by atoms with Gasteiger partial charge >= 0.3 is 5.97 Å². The molecule has 3 rings (SSSR count). The second-order valence-corrected chi connectivity index (χ2v) is 5.77. The van der Waals surface area contributed by atoms with Crippen LogP contribution in [0.2, 0.25) is 5.15 Å². The summed E-state index contributed by atoms with van der Waals surface area (Å²) in [4.78, 5) is 28.2. The molecule has 0 spiro atoms. The minimum absolute atomic E-state index is 0.238. The fourth-order valence-electron chi connectivity index (χ4n) is 2.49. The molecule has 0 aliphatic rings. The van der Waals surface area contributed by atoms with E-state index >= 15 is 0 Å². The van der Waals surface area contributed by atoms with Crippen LogP contribution < -0.4 is 5.32 Å². The summed E-state index contributed by atoms with van der Waals surface area (Å²) < 4.78 is 4.66. The van der Waals surface area contributed by atoms with Crippen LogP contribution in [0.5, 0.6) is 0 Å². The van der Waals surface area contributed by atoms with Crippen molar-refractivity contribution < 1.29 is 14.3 Å². The molecule has 2 aromatic carbocycles. The number of halogens is 1. The highest BCUT2D eigenvalue weighted by Gasteiger charge is 2.12. The molecule has 1 aromatic heterocycles. The number of pyridine rings is 1. The van der Waals surface area contributed by atoms with Crippen molar-refractivity contribution in [3.8, 4) is 0 Å². The SMILES string of the molecule is COC(=O)c1ccc(CNC(=O)c2cc(Cl)nc3ccccc23)cc1. The van der Waals surface area contributed by atoms with Gasteiger partial charge in [-0.2, -0.15) is 0 Å². The number of hydrogen-bond acceptors (Lipinski definition) is 4. The monoisotopic (exact) mass is 354 g/mol. The summed E-state index contributed by atoms with van der Waals surface area (Å²) in [6, 6.07) is 15.7. The average Bonchev–Trinajstić information content (AvgIpc) is 2.65. The standard InChI is InChI=1S/C19H15ClN2O3/c1-25-19(24)13-8-6-12(7-9-13)11-21-18(23)15-10-17(20)22-16-5-3-2-4-14(15)16/h2-10H,11H2,1H3,(H,21,23). The van der Waals surface area contributed by atoms with E-state index in [1.807, 2.05) is 24.3 Å². The van der Waals surface area contributed by atoms with Gasteiger partial charge in [0.15, 0.2) is 0 Å². The molecule has 0 radical (unpaired) electrons. The zero-order chi connectivity index (χ0) is 17.8. The first kappa shape index (κ1) is 16.9. The number of nitrogens with one attached hydrogen (secondary N) is 1. The molecule has 0 atom stereocenters. The summed E-state index contributed by atoms with van der Waals surface area (Å²) in [6.45, 7) is 0.328. The molecule has 5 nitrogen and oxygen atoms in total. The molecule has 6 heteroatoms. The maximum absolute atomic E-state index is 12.5. The summed E-state index contributed by atoms with van der Waals surface area (Å²) in [5, 5.41) is 3.87. The molecule has 0 saturated heterocycles. The van der Waals surface area contributed by atoms with Crippen molar-refractivity contribution in [2.24, 2.45) is 0 Å². The Labute approximate surface area is 149 Å². The van der Waals surface area contributed by atoms with E-state index in [-0.39, 0.29) is 11.1 Å². The van der Waals surface area contributed by atoms with Crippen molar-refractivity contribution in [2.75, 3.05) is 7.11 Å². The van der Waals surface area contributed by atoms with E-state index in [2.05, 4.69) is 15.0 Å². The largest absolute Gasteiger partial charge is 0.465 e. The van der Waals surface area contributed by atoms with Crippen molar-refractivity contribution in [3.63, 3.8) is 0 Å². The number of nitrogens with zero attached hydrogens (tertiary/aromatic N) is 1. The second kappa shape index (κ2) is 7.32. The number of benzene rings is 2. The smallest absolute Gasteiger partial charge is 0.337 e. The fraction of sp³-hybridized carbons (Fsp3) is 0.105. The second-order valence-electron chi connectivity index (χ2n) is 5.38. The third-order valence-electron chi connectivity index (χ3n) is 3.76. The van der Waals surface area contributed by atoms with Crippen LogP contribution in [0.3, 0.4) is 0 Å². The van der Waals surface area contributed by atoms with Crippen molar-refractivity contribution in [3.05, 3.63) is 76.4 Å². The number of aromatic nitrogens is 1. The van der Waals surface area contributed by atoms with Crippen molar-refractivity contribution in [2.45, 2.75) is 6.54 Å². The number of rotatable bonds is 4. The van der Waals surface area contributed by atoms with Gasteiger partial charge in [-0.05, 0) is 29.8 Å². The molecule has 1 heterocycles. The van der Waals surface area contributed by atoms with Crippen LogP contribution in [-0.2, 0) is 11.3 Å². The van der Waals surface area contributed by atoms with Gasteiger partial charge in [0.05, 0.1) is 23.8 Å². The van der Waals surface area contributed by atoms with Gasteiger partial charge in [0, 0.05) is 11.9 Å². The summed E-state index contributed by atoms with van der Waals surface area (Å²) in [6.07, 6.45) is 0. The Balaban J connectivity index is 1.76. The normalized spacial score (nSPS) is 10.5. The van der Waals surface area contributed by atoms with Crippen LogP contribution in [0, 0.1) is 0 Å². The number of para-hydroxylation sites is 1. The molecular weight excluding hydrogens is 340 g/mol. The fourth-order valence-corrected chi connectivity index (χ4v) is 2.69. The molecule has 0 bridgehead atoms. The Hall–Kier alpha value is -2.92. The van der Waals surface area contributed by atoms with Gasteiger partial charge in [-0.3, -0.25) is 4.79 Å². The summed E-state index contributed by atoms with van der Waals surface area (Å²) >= 11 is 6.01. The van der Waals surface area contributed by atoms with Crippen molar-refractivity contribution in [1.29, 1.82) is 0 Å². The molecule has 3 aromatic rings. The maximum Gasteiger partial charge on any atom is 0.337 e. The molecule has 1 N–H and O–H groups in total. The van der Waals surface area contributed by atoms with Gasteiger partial charge in [0.2, 0.25) is 0 Å². The molecule has 0 aliphatic carbocycles. The highest BCUT2D eigenvalue weighted by molar-refractivity contribution is 6.30. The summed E-state index contributed by atoms with van der Waals surface area (Å²) in [5.41, 5.74) is 2.47. The van der Waals surface area contributed by atoms with Crippen LogP contribution in [0.1, 0.15) is 26.3 Å². The minimum Gasteiger partial charge on any atom is -0.465 e. The lowest BCUT2D eigenvalue weighted by Gasteiger charge is -2.09. The zero-order valence-corrected chi connectivity index (χ0v) is 14.2. The van der Waals surface area contributed by atoms with Crippen LogP contribution in [0.15, 0.2) is 54.6 Å². The quantitative estimate of drug-likeness (QED) is 0.574. The Morgan fingerprint density at radius 3 is 2.56 bits per heavy atom. The maximum atomic E-state index is 12.5. The number of methoxy groups -OCH3 is 1. The number of amides is 1. The minimum atomic E-state index is -0.395. The van der Waals surface area contributed by atoms with Crippen LogP contribution >= 0.6 is 11.6 Å². The van der Waals surface area contributed by atoms with E-state index in [0.717, 1.165) is 10.9 Å². The number of carbonyl (C=O) groups is 2. The third kappa shape index (κ3) is 3.78. The van der Waals surface area contributed by atoms with Gasteiger partial charge < -0.3 is 10.1 Å². The molecule has 0 saturated carbocycles. The molecule has 0 unspecified atom stereocenters. The summed E-state index contributed by atoms with van der Waals surface area (Å²) in [5.74, 6) is -0.633. The first-order valence-electron chi connectivity index (χ1n) is 7.59. The Morgan fingerprint density at radius 1 is 1.12 bits per heavy atom. The average molecular weight is 355 g/mol. The van der Waals surface area contributed by atoms with Gasteiger partial charge in [0.1, 0.15) is 5.15 Å².